The number of carboxylic acid groups (broad SMARTS) is 1. The third-order valence-electron chi connectivity index (χ3n) is 3.72. The van der Waals surface area contributed by atoms with Gasteiger partial charge >= 0.3 is 5.97 Å². The van der Waals surface area contributed by atoms with E-state index in [-0.39, 0.29) is 6.42 Å². The highest BCUT2D eigenvalue weighted by Gasteiger charge is 1.98. The molecule has 0 bridgehead atoms. The van der Waals surface area contributed by atoms with Crippen LogP contribution in [-0.4, -0.2) is 17.7 Å². The molecule has 2 aromatic carbocycles. The first kappa shape index (κ1) is 18.6. The second kappa shape index (κ2) is 10.2. The maximum absolute atomic E-state index is 10.5. The van der Waals surface area contributed by atoms with E-state index in [9.17, 15) is 4.79 Å². The first-order valence-corrected chi connectivity index (χ1v) is 8.62. The lowest BCUT2D eigenvalue weighted by Gasteiger charge is -2.02. The van der Waals surface area contributed by atoms with E-state index in [0.717, 1.165) is 42.8 Å². The molecule has 2 rings (SSSR count). The molecule has 1 N–H and O–H groups in total. The number of hydrogen-bond acceptors (Lipinski definition) is 4. The number of hydrogen-bond donors (Lipinski definition) is 1. The van der Waals surface area contributed by atoms with Gasteiger partial charge in [-0.05, 0) is 68.1 Å². The molecule has 0 fully saturated rings. The van der Waals surface area contributed by atoms with Crippen molar-refractivity contribution < 1.29 is 14.6 Å². The minimum absolute atomic E-state index is 0.255. The largest absolute Gasteiger partial charge is 0.494 e. The van der Waals surface area contributed by atoms with Gasteiger partial charge in [0.2, 0.25) is 0 Å². The number of azo groups is 1. The number of unbranched alkanes of at least 4 members (excludes halogenated alkanes) is 2. The van der Waals surface area contributed by atoms with Crippen LogP contribution in [0.3, 0.4) is 0 Å². The summed E-state index contributed by atoms with van der Waals surface area (Å²) in [6, 6.07) is 15.5. The lowest BCUT2D eigenvalue weighted by atomic mass is 10.1. The Morgan fingerprint density at radius 1 is 0.920 bits per heavy atom. The van der Waals surface area contributed by atoms with Crippen LogP contribution in [0.5, 0.6) is 5.75 Å². The Labute approximate surface area is 148 Å². The Kier molecular flexibility index (Phi) is 7.63. The van der Waals surface area contributed by atoms with E-state index >= 15 is 0 Å². The fourth-order valence-electron chi connectivity index (χ4n) is 2.40. The van der Waals surface area contributed by atoms with Crippen LogP contribution in [0.4, 0.5) is 11.4 Å². The third-order valence-corrected chi connectivity index (χ3v) is 3.72. The van der Waals surface area contributed by atoms with Crippen LogP contribution in [0.1, 0.15) is 38.2 Å². The molecule has 5 nitrogen and oxygen atoms in total. The van der Waals surface area contributed by atoms with Gasteiger partial charge in [0, 0.05) is 6.42 Å². The van der Waals surface area contributed by atoms with Crippen molar-refractivity contribution in [3.63, 3.8) is 0 Å². The second-order valence-corrected chi connectivity index (χ2v) is 5.75. The molecule has 0 aromatic heterocycles. The molecule has 0 aliphatic heterocycles. The topological polar surface area (TPSA) is 71.2 Å². The standard InChI is InChI=1S/C20H24N2O3/c1-2-25-19-14-12-18(13-15-19)22-21-17-10-8-16(9-11-17)6-4-3-5-7-20(23)24/h8-15H,2-7H2,1H3,(H,23,24). The van der Waals surface area contributed by atoms with E-state index in [0.29, 0.717) is 6.61 Å². The lowest BCUT2D eigenvalue weighted by molar-refractivity contribution is -0.137. The van der Waals surface area contributed by atoms with Gasteiger partial charge in [-0.3, -0.25) is 4.79 Å². The summed E-state index contributed by atoms with van der Waals surface area (Å²) in [5.41, 5.74) is 2.82. The van der Waals surface area contributed by atoms with Crippen molar-refractivity contribution in [1.29, 1.82) is 0 Å². The Morgan fingerprint density at radius 2 is 1.52 bits per heavy atom. The molecule has 0 saturated carbocycles. The second-order valence-electron chi connectivity index (χ2n) is 5.75. The number of rotatable bonds is 10. The molecule has 0 aliphatic rings. The number of aryl methyl sites for hydroxylation is 1. The van der Waals surface area contributed by atoms with Crippen LogP contribution in [0.25, 0.3) is 0 Å². The van der Waals surface area contributed by atoms with Crippen molar-refractivity contribution in [3.05, 3.63) is 54.1 Å². The summed E-state index contributed by atoms with van der Waals surface area (Å²) in [6.45, 7) is 2.60. The zero-order valence-electron chi connectivity index (χ0n) is 14.5. The van der Waals surface area contributed by atoms with Crippen molar-refractivity contribution in [2.24, 2.45) is 10.2 Å². The number of nitrogens with zero attached hydrogens (tertiary/aromatic N) is 2. The Bertz CT molecular complexity index is 679. The number of benzene rings is 2. The molecule has 25 heavy (non-hydrogen) atoms. The molecule has 2 aromatic rings. The van der Waals surface area contributed by atoms with Crippen LogP contribution < -0.4 is 4.74 Å². The Balaban J connectivity index is 1.80. The molecule has 0 amide bonds. The van der Waals surface area contributed by atoms with E-state index in [4.69, 9.17) is 9.84 Å². The van der Waals surface area contributed by atoms with E-state index in [1.807, 2.05) is 55.5 Å². The number of carbonyl (C=O) groups is 1. The predicted molar refractivity (Wildman–Crippen MR) is 98.0 cm³/mol. The molecule has 0 aliphatic carbocycles. The zero-order valence-corrected chi connectivity index (χ0v) is 14.5. The van der Waals surface area contributed by atoms with Gasteiger partial charge in [0.15, 0.2) is 0 Å². The number of carboxylic acids is 1. The zero-order chi connectivity index (χ0) is 17.9. The molecular formula is C20H24N2O3. The van der Waals surface area contributed by atoms with Gasteiger partial charge in [0.05, 0.1) is 18.0 Å². The predicted octanol–water partition coefficient (Wildman–Crippen LogP) is 5.69. The van der Waals surface area contributed by atoms with Gasteiger partial charge in [0.25, 0.3) is 0 Å². The summed E-state index contributed by atoms with van der Waals surface area (Å²) >= 11 is 0. The third kappa shape index (κ3) is 7.16. The van der Waals surface area contributed by atoms with Crippen molar-refractivity contribution in [2.75, 3.05) is 6.61 Å². The van der Waals surface area contributed by atoms with Gasteiger partial charge in [-0.25, -0.2) is 0 Å². The molecule has 132 valence electrons. The fourth-order valence-corrected chi connectivity index (χ4v) is 2.40. The molecule has 0 heterocycles. The molecule has 0 atom stereocenters. The SMILES string of the molecule is CCOc1ccc(N=Nc2ccc(CCCCCC(=O)O)cc2)cc1. The van der Waals surface area contributed by atoms with Crippen LogP contribution in [-0.2, 0) is 11.2 Å². The van der Waals surface area contributed by atoms with E-state index in [1.165, 1.54) is 5.56 Å². The minimum atomic E-state index is -0.720. The summed E-state index contributed by atoms with van der Waals surface area (Å²) in [5.74, 6) is 0.108. The van der Waals surface area contributed by atoms with Crippen molar-refractivity contribution in [3.8, 4) is 5.75 Å². The van der Waals surface area contributed by atoms with Crippen molar-refractivity contribution >= 4 is 17.3 Å². The summed E-state index contributed by atoms with van der Waals surface area (Å²) in [7, 11) is 0. The Hall–Kier alpha value is -2.69. The van der Waals surface area contributed by atoms with E-state index in [1.54, 1.807) is 0 Å². The Morgan fingerprint density at radius 3 is 2.08 bits per heavy atom. The van der Waals surface area contributed by atoms with Gasteiger partial charge in [-0.1, -0.05) is 18.6 Å². The van der Waals surface area contributed by atoms with Crippen molar-refractivity contribution in [2.45, 2.75) is 39.0 Å². The normalized spacial score (nSPS) is 10.9. The summed E-state index contributed by atoms with van der Waals surface area (Å²) < 4.78 is 5.39. The first-order chi connectivity index (χ1) is 12.2. The quantitative estimate of drug-likeness (QED) is 0.446. The summed E-state index contributed by atoms with van der Waals surface area (Å²) in [5, 5.41) is 17.1. The van der Waals surface area contributed by atoms with Crippen LogP contribution in [0.2, 0.25) is 0 Å². The number of ether oxygens (including phenoxy) is 1. The smallest absolute Gasteiger partial charge is 0.303 e. The first-order valence-electron chi connectivity index (χ1n) is 8.62. The average Bonchev–Trinajstić information content (AvgIpc) is 2.62. The summed E-state index contributed by atoms with van der Waals surface area (Å²) in [4.78, 5) is 10.5. The lowest BCUT2D eigenvalue weighted by Crippen LogP contribution is -1.94. The molecule has 0 saturated heterocycles. The van der Waals surface area contributed by atoms with Crippen LogP contribution in [0, 0.1) is 0 Å². The molecule has 0 unspecified atom stereocenters. The highest BCUT2D eigenvalue weighted by molar-refractivity contribution is 5.66. The number of aliphatic carboxylic acids is 1. The monoisotopic (exact) mass is 340 g/mol. The highest BCUT2D eigenvalue weighted by Crippen LogP contribution is 2.22. The average molecular weight is 340 g/mol. The molecule has 0 spiro atoms. The van der Waals surface area contributed by atoms with Crippen molar-refractivity contribution in [1.82, 2.24) is 0 Å². The highest BCUT2D eigenvalue weighted by atomic mass is 16.5. The van der Waals surface area contributed by atoms with Gasteiger partial charge < -0.3 is 9.84 Å². The molecule has 0 radical (unpaired) electrons. The maximum Gasteiger partial charge on any atom is 0.303 e. The van der Waals surface area contributed by atoms with Gasteiger partial charge in [-0.2, -0.15) is 10.2 Å². The minimum Gasteiger partial charge on any atom is -0.494 e. The molecular weight excluding hydrogens is 316 g/mol. The van der Waals surface area contributed by atoms with Crippen LogP contribution in [0.15, 0.2) is 58.8 Å². The van der Waals surface area contributed by atoms with Gasteiger partial charge in [-0.15, -0.1) is 0 Å². The fraction of sp³-hybridized carbons (Fsp3) is 0.350. The van der Waals surface area contributed by atoms with Gasteiger partial charge in [0.1, 0.15) is 5.75 Å². The van der Waals surface area contributed by atoms with E-state index in [2.05, 4.69) is 10.2 Å². The molecule has 5 heteroatoms. The maximum atomic E-state index is 10.5. The summed E-state index contributed by atoms with van der Waals surface area (Å²) in [6.07, 6.45) is 3.89. The van der Waals surface area contributed by atoms with Crippen LogP contribution >= 0.6 is 0 Å². The van der Waals surface area contributed by atoms with E-state index < -0.39 is 5.97 Å².